The van der Waals surface area contributed by atoms with Crippen LogP contribution in [0.3, 0.4) is 0 Å². The summed E-state index contributed by atoms with van der Waals surface area (Å²) in [5, 5.41) is 3.04. The summed E-state index contributed by atoms with van der Waals surface area (Å²) >= 11 is 0. The van der Waals surface area contributed by atoms with Gasteiger partial charge in [-0.2, -0.15) is 0 Å². The normalized spacial score (nSPS) is 29.2. The number of amides is 1. The standard InChI is InChI=1S/C26H40N2O3S/c1-17(2)25(18(3)4)27-24(29)16-28(32(5,30)31)23-8-6-22(7-9-23)26-13-19-10-20(14-26)12-21(11-19)15-26/h6-9,17-21,25H,10-16H2,1-5H3,(H,27,29). The number of anilines is 1. The summed E-state index contributed by atoms with van der Waals surface area (Å²) in [4.78, 5) is 12.8. The second kappa shape index (κ2) is 8.66. The molecule has 32 heavy (non-hydrogen) atoms. The Balaban J connectivity index is 1.52. The molecule has 0 atom stereocenters. The Labute approximate surface area is 194 Å². The number of carbonyl (C=O) groups is 1. The van der Waals surface area contributed by atoms with E-state index in [9.17, 15) is 13.2 Å². The molecular formula is C26H40N2O3S. The molecule has 1 amide bonds. The topological polar surface area (TPSA) is 66.5 Å². The van der Waals surface area contributed by atoms with Gasteiger partial charge in [0, 0.05) is 6.04 Å². The van der Waals surface area contributed by atoms with Crippen LogP contribution in [0, 0.1) is 29.6 Å². The van der Waals surface area contributed by atoms with Crippen molar-refractivity contribution in [3.05, 3.63) is 29.8 Å². The van der Waals surface area contributed by atoms with E-state index < -0.39 is 10.0 Å². The van der Waals surface area contributed by atoms with Crippen molar-refractivity contribution in [3.63, 3.8) is 0 Å². The van der Waals surface area contributed by atoms with Crippen LogP contribution < -0.4 is 9.62 Å². The van der Waals surface area contributed by atoms with Crippen LogP contribution in [0.25, 0.3) is 0 Å². The monoisotopic (exact) mass is 460 g/mol. The number of hydrogen-bond donors (Lipinski definition) is 1. The zero-order valence-electron chi connectivity index (χ0n) is 20.3. The molecule has 0 spiro atoms. The summed E-state index contributed by atoms with van der Waals surface area (Å²) in [7, 11) is -3.57. The Hall–Kier alpha value is -1.56. The van der Waals surface area contributed by atoms with Gasteiger partial charge in [-0.25, -0.2) is 8.42 Å². The lowest BCUT2D eigenvalue weighted by atomic mass is 9.48. The average molecular weight is 461 g/mol. The first-order chi connectivity index (χ1) is 15.0. The van der Waals surface area contributed by atoms with Gasteiger partial charge in [-0.1, -0.05) is 39.8 Å². The van der Waals surface area contributed by atoms with Crippen molar-refractivity contribution in [1.29, 1.82) is 0 Å². The molecule has 0 aromatic heterocycles. The Kier molecular flexibility index (Phi) is 6.38. The maximum absolute atomic E-state index is 12.8. The zero-order chi connectivity index (χ0) is 23.3. The van der Waals surface area contributed by atoms with E-state index in [1.54, 1.807) is 0 Å². The lowest BCUT2D eigenvalue weighted by Crippen LogP contribution is -2.48. The molecule has 0 aliphatic heterocycles. The van der Waals surface area contributed by atoms with Crippen molar-refractivity contribution < 1.29 is 13.2 Å². The van der Waals surface area contributed by atoms with Gasteiger partial charge in [0.05, 0.1) is 11.9 Å². The van der Waals surface area contributed by atoms with Crippen LogP contribution in [0.1, 0.15) is 71.8 Å². The summed E-state index contributed by atoms with van der Waals surface area (Å²) in [5.74, 6) is 2.91. The summed E-state index contributed by atoms with van der Waals surface area (Å²) in [6.45, 7) is 8.10. The summed E-state index contributed by atoms with van der Waals surface area (Å²) in [5.41, 5.74) is 2.21. The maximum Gasteiger partial charge on any atom is 0.241 e. The molecule has 0 saturated heterocycles. The molecule has 1 N–H and O–H groups in total. The van der Waals surface area contributed by atoms with Crippen molar-refractivity contribution >= 4 is 21.6 Å². The molecule has 6 heteroatoms. The largest absolute Gasteiger partial charge is 0.351 e. The molecule has 4 bridgehead atoms. The molecule has 4 saturated carbocycles. The third kappa shape index (κ3) is 4.71. The smallest absolute Gasteiger partial charge is 0.241 e. The molecule has 178 valence electrons. The quantitative estimate of drug-likeness (QED) is 0.611. The molecule has 5 nitrogen and oxygen atoms in total. The number of nitrogens with zero attached hydrogens (tertiary/aromatic N) is 1. The Morgan fingerprint density at radius 1 is 0.969 bits per heavy atom. The molecule has 4 aliphatic rings. The van der Waals surface area contributed by atoms with Gasteiger partial charge in [0.15, 0.2) is 0 Å². The van der Waals surface area contributed by atoms with Crippen molar-refractivity contribution in [2.24, 2.45) is 29.6 Å². The first-order valence-corrected chi connectivity index (χ1v) is 14.2. The zero-order valence-corrected chi connectivity index (χ0v) is 21.1. The van der Waals surface area contributed by atoms with Gasteiger partial charge in [-0.05, 0) is 91.2 Å². The van der Waals surface area contributed by atoms with Gasteiger partial charge in [-0.3, -0.25) is 9.10 Å². The minimum Gasteiger partial charge on any atom is -0.351 e. The fourth-order valence-electron chi connectivity index (χ4n) is 7.31. The number of nitrogens with one attached hydrogen (secondary N) is 1. The highest BCUT2D eigenvalue weighted by molar-refractivity contribution is 7.92. The molecule has 5 rings (SSSR count). The molecule has 4 fully saturated rings. The van der Waals surface area contributed by atoms with Crippen molar-refractivity contribution in [2.75, 3.05) is 17.1 Å². The Morgan fingerprint density at radius 3 is 1.84 bits per heavy atom. The van der Waals surface area contributed by atoms with E-state index in [0.29, 0.717) is 5.69 Å². The summed E-state index contributed by atoms with van der Waals surface area (Å²) in [6.07, 6.45) is 9.23. The molecule has 0 radical (unpaired) electrons. The molecule has 0 heterocycles. The second-order valence-electron chi connectivity index (χ2n) is 11.6. The Morgan fingerprint density at radius 2 is 1.44 bits per heavy atom. The first-order valence-electron chi connectivity index (χ1n) is 12.3. The minimum atomic E-state index is -3.57. The van der Waals surface area contributed by atoms with Crippen molar-refractivity contribution in [1.82, 2.24) is 5.32 Å². The van der Waals surface area contributed by atoms with Gasteiger partial charge in [0.25, 0.3) is 0 Å². The fourth-order valence-corrected chi connectivity index (χ4v) is 8.17. The van der Waals surface area contributed by atoms with Crippen LogP contribution in [0.4, 0.5) is 5.69 Å². The molecule has 1 aromatic carbocycles. The van der Waals surface area contributed by atoms with Gasteiger partial charge in [0.1, 0.15) is 6.54 Å². The second-order valence-corrected chi connectivity index (χ2v) is 13.5. The van der Waals surface area contributed by atoms with E-state index in [4.69, 9.17) is 0 Å². The van der Waals surface area contributed by atoms with Crippen molar-refractivity contribution in [3.8, 4) is 0 Å². The van der Waals surface area contributed by atoms with E-state index in [1.165, 1.54) is 54.6 Å². The third-order valence-electron chi connectivity index (χ3n) is 8.26. The van der Waals surface area contributed by atoms with E-state index in [-0.39, 0.29) is 35.7 Å². The van der Waals surface area contributed by atoms with Gasteiger partial charge < -0.3 is 5.32 Å². The average Bonchev–Trinajstić information content (AvgIpc) is 2.68. The van der Waals surface area contributed by atoms with Crippen LogP contribution in [0.5, 0.6) is 0 Å². The molecule has 4 aliphatic carbocycles. The maximum atomic E-state index is 12.8. The van der Waals surface area contributed by atoms with Crippen LogP contribution in [0.15, 0.2) is 24.3 Å². The number of carbonyl (C=O) groups excluding carboxylic acids is 1. The molecular weight excluding hydrogens is 420 g/mol. The highest BCUT2D eigenvalue weighted by Crippen LogP contribution is 2.60. The van der Waals surface area contributed by atoms with Gasteiger partial charge in [0.2, 0.25) is 15.9 Å². The van der Waals surface area contributed by atoms with Crippen LogP contribution in [0.2, 0.25) is 0 Å². The van der Waals surface area contributed by atoms with E-state index in [0.717, 1.165) is 17.8 Å². The van der Waals surface area contributed by atoms with Crippen LogP contribution >= 0.6 is 0 Å². The highest BCUT2D eigenvalue weighted by atomic mass is 32.2. The predicted octanol–water partition coefficient (Wildman–Crippen LogP) is 4.72. The van der Waals surface area contributed by atoms with Gasteiger partial charge in [-0.15, -0.1) is 0 Å². The first kappa shape index (κ1) is 23.6. The lowest BCUT2D eigenvalue weighted by Gasteiger charge is -2.57. The predicted molar refractivity (Wildman–Crippen MR) is 130 cm³/mol. The van der Waals surface area contributed by atoms with Crippen LogP contribution in [-0.2, 0) is 20.2 Å². The SMILES string of the molecule is CC(C)C(NC(=O)CN(c1ccc(C23CC4CC(CC(C4)C2)C3)cc1)S(C)(=O)=O)C(C)C. The Bertz CT molecular complexity index is 893. The summed E-state index contributed by atoms with van der Waals surface area (Å²) < 4.78 is 26.4. The molecule has 1 aromatic rings. The van der Waals surface area contributed by atoms with E-state index >= 15 is 0 Å². The fraction of sp³-hybridized carbons (Fsp3) is 0.731. The van der Waals surface area contributed by atoms with E-state index in [1.807, 2.05) is 12.1 Å². The van der Waals surface area contributed by atoms with Crippen molar-refractivity contribution in [2.45, 2.75) is 77.7 Å². The number of rotatable bonds is 8. The third-order valence-corrected chi connectivity index (χ3v) is 9.40. The molecule has 0 unspecified atom stereocenters. The minimum absolute atomic E-state index is 0.0161. The number of benzene rings is 1. The van der Waals surface area contributed by atoms with E-state index in [2.05, 4.69) is 45.1 Å². The van der Waals surface area contributed by atoms with Gasteiger partial charge >= 0.3 is 0 Å². The highest BCUT2D eigenvalue weighted by Gasteiger charge is 2.51. The lowest BCUT2D eigenvalue weighted by molar-refractivity contribution is -0.121. The number of hydrogen-bond acceptors (Lipinski definition) is 3. The van der Waals surface area contributed by atoms with Crippen LogP contribution in [-0.4, -0.2) is 33.2 Å². The summed E-state index contributed by atoms with van der Waals surface area (Å²) in [6, 6.07) is 8.09. The number of sulfonamides is 1.